The van der Waals surface area contributed by atoms with Crippen LogP contribution in [0.1, 0.15) is 15.2 Å². The molecule has 3 rings (SSSR count). The number of carbonyl (C=O) groups excluding carboxylic acids is 1. The van der Waals surface area contributed by atoms with Crippen LogP contribution in [0, 0.1) is 6.92 Å². The Morgan fingerprint density at radius 3 is 2.94 bits per heavy atom. The van der Waals surface area contributed by atoms with E-state index >= 15 is 0 Å². The highest BCUT2D eigenvalue weighted by molar-refractivity contribution is 7.12. The standard InChI is InChI=1S/C12H12N2O2S2/c1-8-4-10(18-7-8)11(15)14-5-9(6-14)16-12-13-2-3-17-12/h2-4,7,9H,5-6H2,1H3. The molecule has 1 fully saturated rings. The van der Waals surface area contributed by atoms with Crippen molar-refractivity contribution in [2.45, 2.75) is 13.0 Å². The van der Waals surface area contributed by atoms with E-state index in [9.17, 15) is 4.79 Å². The van der Waals surface area contributed by atoms with E-state index in [4.69, 9.17) is 4.74 Å². The average molecular weight is 280 g/mol. The lowest BCUT2D eigenvalue weighted by Gasteiger charge is -2.37. The third-order valence-corrected chi connectivity index (χ3v) is 4.45. The van der Waals surface area contributed by atoms with Crippen LogP contribution in [0.5, 0.6) is 5.19 Å². The number of ether oxygens (including phenoxy) is 1. The van der Waals surface area contributed by atoms with Gasteiger partial charge in [0.1, 0.15) is 6.10 Å². The quantitative estimate of drug-likeness (QED) is 0.867. The Morgan fingerprint density at radius 1 is 1.50 bits per heavy atom. The lowest BCUT2D eigenvalue weighted by molar-refractivity contribution is 0.0181. The normalized spacial score (nSPS) is 15.5. The number of thiophene rings is 1. The maximum Gasteiger partial charge on any atom is 0.273 e. The first-order valence-electron chi connectivity index (χ1n) is 5.63. The Labute approximate surface area is 113 Å². The van der Waals surface area contributed by atoms with Crippen molar-refractivity contribution in [1.29, 1.82) is 0 Å². The van der Waals surface area contributed by atoms with Crippen LogP contribution in [0.15, 0.2) is 23.0 Å². The summed E-state index contributed by atoms with van der Waals surface area (Å²) in [5, 5.41) is 4.56. The molecule has 1 aliphatic heterocycles. The summed E-state index contributed by atoms with van der Waals surface area (Å²) < 4.78 is 5.63. The molecule has 18 heavy (non-hydrogen) atoms. The minimum Gasteiger partial charge on any atom is -0.463 e. The highest BCUT2D eigenvalue weighted by Gasteiger charge is 2.33. The second-order valence-electron chi connectivity index (χ2n) is 4.24. The van der Waals surface area contributed by atoms with E-state index in [1.165, 1.54) is 22.7 Å². The summed E-state index contributed by atoms with van der Waals surface area (Å²) in [5.74, 6) is 0.104. The molecule has 2 aromatic rings. The molecule has 0 N–H and O–H groups in total. The molecule has 94 valence electrons. The predicted molar refractivity (Wildman–Crippen MR) is 71.5 cm³/mol. The molecule has 4 nitrogen and oxygen atoms in total. The lowest BCUT2D eigenvalue weighted by Crippen LogP contribution is -2.56. The van der Waals surface area contributed by atoms with Gasteiger partial charge >= 0.3 is 0 Å². The van der Waals surface area contributed by atoms with Crippen molar-refractivity contribution in [2.24, 2.45) is 0 Å². The van der Waals surface area contributed by atoms with E-state index in [0.29, 0.717) is 18.3 Å². The molecule has 1 amide bonds. The summed E-state index contributed by atoms with van der Waals surface area (Å²) >= 11 is 2.97. The van der Waals surface area contributed by atoms with Gasteiger partial charge in [-0.3, -0.25) is 4.79 Å². The smallest absolute Gasteiger partial charge is 0.273 e. The van der Waals surface area contributed by atoms with E-state index in [0.717, 1.165) is 10.4 Å². The maximum absolute atomic E-state index is 12.1. The van der Waals surface area contributed by atoms with Gasteiger partial charge in [-0.15, -0.1) is 11.3 Å². The van der Waals surface area contributed by atoms with Crippen molar-refractivity contribution in [2.75, 3.05) is 13.1 Å². The number of likely N-dealkylation sites (tertiary alicyclic amines) is 1. The Balaban J connectivity index is 1.54. The maximum atomic E-state index is 12.1. The van der Waals surface area contributed by atoms with Crippen LogP contribution in [0.2, 0.25) is 0 Å². The second-order valence-corrected chi connectivity index (χ2v) is 6.00. The Hall–Kier alpha value is -1.40. The van der Waals surface area contributed by atoms with Crippen LogP contribution >= 0.6 is 22.7 Å². The molecule has 6 heteroatoms. The van der Waals surface area contributed by atoms with Gasteiger partial charge in [0.15, 0.2) is 0 Å². The van der Waals surface area contributed by atoms with Crippen molar-refractivity contribution in [1.82, 2.24) is 9.88 Å². The van der Waals surface area contributed by atoms with Crippen molar-refractivity contribution in [3.8, 4) is 5.19 Å². The van der Waals surface area contributed by atoms with E-state index < -0.39 is 0 Å². The van der Waals surface area contributed by atoms with Crippen LogP contribution in [-0.2, 0) is 0 Å². The van der Waals surface area contributed by atoms with Crippen LogP contribution < -0.4 is 4.74 Å². The molecule has 0 aromatic carbocycles. The molecular weight excluding hydrogens is 268 g/mol. The largest absolute Gasteiger partial charge is 0.463 e. The fraction of sp³-hybridized carbons (Fsp3) is 0.333. The SMILES string of the molecule is Cc1csc(C(=O)N2CC(Oc3nccs3)C2)c1. The van der Waals surface area contributed by atoms with E-state index in [-0.39, 0.29) is 12.0 Å². The summed E-state index contributed by atoms with van der Waals surface area (Å²) in [6, 6.07) is 1.93. The number of hydrogen-bond acceptors (Lipinski definition) is 5. The number of hydrogen-bond donors (Lipinski definition) is 0. The Kier molecular flexibility index (Phi) is 3.05. The van der Waals surface area contributed by atoms with Gasteiger partial charge < -0.3 is 9.64 Å². The van der Waals surface area contributed by atoms with Crippen LogP contribution in [-0.4, -0.2) is 35.0 Å². The number of aryl methyl sites for hydroxylation is 1. The summed E-state index contributed by atoms with van der Waals surface area (Å²) in [6.45, 7) is 3.29. The summed E-state index contributed by atoms with van der Waals surface area (Å²) in [4.78, 5) is 18.7. The molecular formula is C12H12N2O2S2. The molecule has 1 saturated heterocycles. The highest BCUT2D eigenvalue weighted by Crippen LogP contribution is 2.23. The van der Waals surface area contributed by atoms with Gasteiger partial charge in [-0.1, -0.05) is 11.3 Å². The van der Waals surface area contributed by atoms with E-state index in [2.05, 4.69) is 4.98 Å². The van der Waals surface area contributed by atoms with Gasteiger partial charge in [0.25, 0.3) is 11.1 Å². The molecule has 2 aromatic heterocycles. The van der Waals surface area contributed by atoms with Crippen LogP contribution in [0.4, 0.5) is 0 Å². The van der Waals surface area contributed by atoms with Gasteiger partial charge in [0.05, 0.1) is 18.0 Å². The Morgan fingerprint density at radius 2 is 2.33 bits per heavy atom. The monoisotopic (exact) mass is 280 g/mol. The molecule has 3 heterocycles. The number of rotatable bonds is 3. The first kappa shape index (κ1) is 11.7. The zero-order valence-corrected chi connectivity index (χ0v) is 11.5. The molecule has 0 bridgehead atoms. The zero-order chi connectivity index (χ0) is 12.5. The number of nitrogens with zero attached hydrogens (tertiary/aromatic N) is 2. The van der Waals surface area contributed by atoms with Crippen molar-refractivity contribution in [3.05, 3.63) is 33.5 Å². The first-order chi connectivity index (χ1) is 8.72. The zero-order valence-electron chi connectivity index (χ0n) is 9.83. The summed E-state index contributed by atoms with van der Waals surface area (Å²) in [7, 11) is 0. The number of amides is 1. The average Bonchev–Trinajstić information content (AvgIpc) is 2.93. The number of aromatic nitrogens is 1. The van der Waals surface area contributed by atoms with Gasteiger partial charge in [-0.05, 0) is 23.9 Å². The van der Waals surface area contributed by atoms with Gasteiger partial charge in [0.2, 0.25) is 0 Å². The van der Waals surface area contributed by atoms with Crippen molar-refractivity contribution < 1.29 is 9.53 Å². The minimum absolute atomic E-state index is 0.0844. The third kappa shape index (κ3) is 2.26. The molecule has 0 atom stereocenters. The van der Waals surface area contributed by atoms with Crippen LogP contribution in [0.3, 0.4) is 0 Å². The molecule has 0 radical (unpaired) electrons. The second kappa shape index (κ2) is 4.70. The molecule has 0 spiro atoms. The number of carbonyl (C=O) groups is 1. The summed E-state index contributed by atoms with van der Waals surface area (Å²) in [6.07, 6.45) is 1.80. The lowest BCUT2D eigenvalue weighted by atomic mass is 10.1. The summed E-state index contributed by atoms with van der Waals surface area (Å²) in [5.41, 5.74) is 1.14. The fourth-order valence-electron chi connectivity index (χ4n) is 1.79. The predicted octanol–water partition coefficient (Wildman–Crippen LogP) is 2.42. The van der Waals surface area contributed by atoms with Crippen molar-refractivity contribution in [3.63, 3.8) is 0 Å². The Bertz CT molecular complexity index is 544. The minimum atomic E-state index is 0.0844. The third-order valence-electron chi connectivity index (χ3n) is 2.75. The highest BCUT2D eigenvalue weighted by atomic mass is 32.1. The van der Waals surface area contributed by atoms with Gasteiger partial charge in [0, 0.05) is 11.6 Å². The molecule has 0 aliphatic carbocycles. The van der Waals surface area contributed by atoms with Crippen molar-refractivity contribution >= 4 is 28.6 Å². The number of thiazole rings is 1. The molecule has 0 unspecified atom stereocenters. The topological polar surface area (TPSA) is 42.4 Å². The van der Waals surface area contributed by atoms with Gasteiger partial charge in [-0.25, -0.2) is 4.98 Å². The van der Waals surface area contributed by atoms with E-state index in [1.807, 2.05) is 28.7 Å². The molecule has 1 aliphatic rings. The molecule has 0 saturated carbocycles. The van der Waals surface area contributed by atoms with E-state index in [1.54, 1.807) is 6.20 Å². The first-order valence-corrected chi connectivity index (χ1v) is 7.39. The van der Waals surface area contributed by atoms with Gasteiger partial charge in [-0.2, -0.15) is 0 Å². The fourth-order valence-corrected chi connectivity index (χ4v) is 3.21. The van der Waals surface area contributed by atoms with Crippen LogP contribution in [0.25, 0.3) is 0 Å².